The topological polar surface area (TPSA) is 50.6 Å². The maximum atomic E-state index is 12.7. The van der Waals surface area contributed by atoms with Gasteiger partial charge in [-0.3, -0.25) is 14.4 Å². The molecule has 6 nitrogen and oxygen atoms in total. The maximum Gasteiger partial charge on any atom is 0.274 e. The Hall–Kier alpha value is -2.34. The first-order valence-electron chi connectivity index (χ1n) is 9.37. The van der Waals surface area contributed by atoms with Gasteiger partial charge in [-0.15, -0.1) is 0 Å². The molecule has 0 bridgehead atoms. The van der Waals surface area contributed by atoms with Gasteiger partial charge in [0.1, 0.15) is 5.75 Å². The summed E-state index contributed by atoms with van der Waals surface area (Å²) in [5.74, 6) is 1.08. The summed E-state index contributed by atoms with van der Waals surface area (Å²) in [5.41, 5.74) is 4.21. The van der Waals surface area contributed by atoms with E-state index in [-0.39, 0.29) is 5.91 Å². The highest BCUT2D eigenvalue weighted by Gasteiger charge is 2.23. The lowest BCUT2D eigenvalue weighted by atomic mass is 10.1. The molecule has 0 saturated carbocycles. The first-order valence-corrected chi connectivity index (χ1v) is 9.37. The van der Waals surface area contributed by atoms with Crippen LogP contribution in [-0.2, 0) is 20.0 Å². The van der Waals surface area contributed by atoms with E-state index in [0.29, 0.717) is 5.69 Å². The van der Waals surface area contributed by atoms with E-state index >= 15 is 0 Å². The van der Waals surface area contributed by atoms with Gasteiger partial charge in [-0.1, -0.05) is 12.1 Å². The highest BCUT2D eigenvalue weighted by atomic mass is 16.5. The number of aromatic nitrogens is 2. The second-order valence-corrected chi connectivity index (χ2v) is 7.26. The summed E-state index contributed by atoms with van der Waals surface area (Å²) >= 11 is 0. The SMILES string of the molecule is Cc1cc(C(=O)N2CCCN(Cc3ccc4c(c3)CCO4)CC2)nn1C. The van der Waals surface area contributed by atoms with Crippen molar-refractivity contribution in [1.82, 2.24) is 19.6 Å². The van der Waals surface area contributed by atoms with Crippen LogP contribution in [0.4, 0.5) is 0 Å². The normalized spacial score (nSPS) is 17.7. The van der Waals surface area contributed by atoms with E-state index in [4.69, 9.17) is 4.74 Å². The second kappa shape index (κ2) is 7.11. The van der Waals surface area contributed by atoms with Gasteiger partial charge in [-0.2, -0.15) is 5.10 Å². The first-order chi connectivity index (χ1) is 12.6. The Balaban J connectivity index is 1.38. The van der Waals surface area contributed by atoms with Crippen LogP contribution >= 0.6 is 0 Å². The predicted octanol–water partition coefficient (Wildman–Crippen LogP) is 2.01. The second-order valence-electron chi connectivity index (χ2n) is 7.26. The third-order valence-corrected chi connectivity index (χ3v) is 5.37. The number of nitrogens with zero attached hydrogens (tertiary/aromatic N) is 4. The van der Waals surface area contributed by atoms with Crippen molar-refractivity contribution in [3.05, 3.63) is 46.8 Å². The number of aryl methyl sites for hydroxylation is 2. The lowest BCUT2D eigenvalue weighted by Crippen LogP contribution is -2.35. The molecule has 1 amide bonds. The van der Waals surface area contributed by atoms with Crippen LogP contribution in [0.3, 0.4) is 0 Å². The van der Waals surface area contributed by atoms with Gasteiger partial charge in [0.15, 0.2) is 5.69 Å². The molecule has 6 heteroatoms. The molecule has 0 atom stereocenters. The summed E-state index contributed by atoms with van der Waals surface area (Å²) in [6.45, 7) is 7.15. The molecule has 1 saturated heterocycles. The van der Waals surface area contributed by atoms with Crippen LogP contribution in [-0.4, -0.2) is 58.3 Å². The van der Waals surface area contributed by atoms with E-state index in [0.717, 1.165) is 63.6 Å². The van der Waals surface area contributed by atoms with Gasteiger partial charge in [0.25, 0.3) is 5.91 Å². The van der Waals surface area contributed by atoms with Gasteiger partial charge >= 0.3 is 0 Å². The zero-order valence-electron chi connectivity index (χ0n) is 15.6. The quantitative estimate of drug-likeness (QED) is 0.846. The van der Waals surface area contributed by atoms with Crippen LogP contribution in [0.2, 0.25) is 0 Å². The highest BCUT2D eigenvalue weighted by molar-refractivity contribution is 5.92. The molecule has 0 N–H and O–H groups in total. The average Bonchev–Trinajstić information content (AvgIpc) is 3.15. The fraction of sp³-hybridized carbons (Fsp3) is 0.500. The minimum atomic E-state index is 0.0465. The minimum Gasteiger partial charge on any atom is -0.493 e. The van der Waals surface area contributed by atoms with Crippen molar-refractivity contribution in [3.8, 4) is 5.75 Å². The van der Waals surface area contributed by atoms with E-state index in [1.807, 2.05) is 24.9 Å². The summed E-state index contributed by atoms with van der Waals surface area (Å²) < 4.78 is 7.35. The van der Waals surface area contributed by atoms with Crippen LogP contribution in [0.25, 0.3) is 0 Å². The van der Waals surface area contributed by atoms with Crippen molar-refractivity contribution >= 4 is 5.91 Å². The monoisotopic (exact) mass is 354 g/mol. The highest BCUT2D eigenvalue weighted by Crippen LogP contribution is 2.26. The third kappa shape index (κ3) is 3.46. The lowest BCUT2D eigenvalue weighted by molar-refractivity contribution is 0.0754. The van der Waals surface area contributed by atoms with Gasteiger partial charge in [-0.25, -0.2) is 0 Å². The van der Waals surface area contributed by atoms with Crippen molar-refractivity contribution in [2.24, 2.45) is 7.05 Å². The number of hydrogen-bond donors (Lipinski definition) is 0. The number of carbonyl (C=O) groups excluding carboxylic acids is 1. The maximum absolute atomic E-state index is 12.7. The fourth-order valence-corrected chi connectivity index (χ4v) is 3.76. The summed E-state index contributed by atoms with van der Waals surface area (Å²) in [4.78, 5) is 17.1. The van der Waals surface area contributed by atoms with Gasteiger partial charge in [0.05, 0.1) is 6.61 Å². The molecular formula is C20H26N4O2. The number of carbonyl (C=O) groups is 1. The van der Waals surface area contributed by atoms with Crippen molar-refractivity contribution in [1.29, 1.82) is 0 Å². The lowest BCUT2D eigenvalue weighted by Gasteiger charge is -2.21. The smallest absolute Gasteiger partial charge is 0.274 e. The number of rotatable bonds is 3. The molecule has 0 spiro atoms. The Morgan fingerprint density at radius 3 is 2.88 bits per heavy atom. The molecule has 1 aromatic heterocycles. The molecule has 138 valence electrons. The largest absolute Gasteiger partial charge is 0.493 e. The van der Waals surface area contributed by atoms with E-state index in [2.05, 4.69) is 28.2 Å². The van der Waals surface area contributed by atoms with E-state index in [1.54, 1.807) is 4.68 Å². The molecule has 26 heavy (non-hydrogen) atoms. The number of hydrogen-bond acceptors (Lipinski definition) is 4. The summed E-state index contributed by atoms with van der Waals surface area (Å²) in [5, 5.41) is 4.34. The van der Waals surface area contributed by atoms with Crippen LogP contribution in [0.15, 0.2) is 24.3 Å². The van der Waals surface area contributed by atoms with Crippen molar-refractivity contribution < 1.29 is 9.53 Å². The Morgan fingerprint density at radius 2 is 2.08 bits per heavy atom. The van der Waals surface area contributed by atoms with Crippen molar-refractivity contribution in [3.63, 3.8) is 0 Å². The molecule has 0 aliphatic carbocycles. The number of benzene rings is 1. The Bertz CT molecular complexity index is 795. The van der Waals surface area contributed by atoms with Gasteiger partial charge in [0, 0.05) is 51.9 Å². The first kappa shape index (κ1) is 17.1. The molecule has 1 aromatic carbocycles. The molecule has 3 heterocycles. The number of amides is 1. The predicted molar refractivity (Wildman–Crippen MR) is 99.4 cm³/mol. The summed E-state index contributed by atoms with van der Waals surface area (Å²) in [7, 11) is 1.87. The Kier molecular flexibility index (Phi) is 4.68. The zero-order chi connectivity index (χ0) is 18.1. The zero-order valence-corrected chi connectivity index (χ0v) is 15.6. The molecule has 0 radical (unpaired) electrons. The van der Waals surface area contributed by atoms with Crippen LogP contribution in [0.5, 0.6) is 5.75 Å². The van der Waals surface area contributed by atoms with Gasteiger partial charge in [-0.05, 0) is 36.6 Å². The Morgan fingerprint density at radius 1 is 1.19 bits per heavy atom. The van der Waals surface area contributed by atoms with Gasteiger partial charge in [0.2, 0.25) is 0 Å². The molecule has 2 aromatic rings. The summed E-state index contributed by atoms with van der Waals surface area (Å²) in [6.07, 6.45) is 2.00. The van der Waals surface area contributed by atoms with E-state index < -0.39 is 0 Å². The molecule has 2 aliphatic heterocycles. The van der Waals surface area contributed by atoms with E-state index in [9.17, 15) is 4.79 Å². The molecular weight excluding hydrogens is 328 g/mol. The molecule has 0 unspecified atom stereocenters. The van der Waals surface area contributed by atoms with E-state index in [1.165, 1.54) is 11.1 Å². The summed E-state index contributed by atoms with van der Waals surface area (Å²) in [6, 6.07) is 8.40. The average molecular weight is 354 g/mol. The van der Waals surface area contributed by atoms with Crippen LogP contribution in [0.1, 0.15) is 33.7 Å². The molecule has 1 fully saturated rings. The van der Waals surface area contributed by atoms with Crippen molar-refractivity contribution in [2.45, 2.75) is 26.3 Å². The molecule has 4 rings (SSSR count). The minimum absolute atomic E-state index is 0.0465. The molecule has 2 aliphatic rings. The fourth-order valence-electron chi connectivity index (χ4n) is 3.76. The van der Waals surface area contributed by atoms with Crippen LogP contribution in [0, 0.1) is 6.92 Å². The van der Waals surface area contributed by atoms with Crippen molar-refractivity contribution in [2.75, 3.05) is 32.8 Å². The van der Waals surface area contributed by atoms with Gasteiger partial charge < -0.3 is 9.64 Å². The number of fused-ring (bicyclic) bond motifs is 1. The third-order valence-electron chi connectivity index (χ3n) is 5.37. The standard InChI is InChI=1S/C20H26N4O2/c1-15-12-18(21-22(15)2)20(25)24-8-3-7-23(9-10-24)14-16-4-5-19-17(13-16)6-11-26-19/h4-5,12-13H,3,6-11,14H2,1-2H3. The Labute approximate surface area is 154 Å². The van der Waals surface area contributed by atoms with Crippen LogP contribution < -0.4 is 4.74 Å². The number of ether oxygens (including phenoxy) is 1.